The van der Waals surface area contributed by atoms with Crippen molar-refractivity contribution >= 4 is 50.7 Å². The van der Waals surface area contributed by atoms with Crippen molar-refractivity contribution in [2.45, 2.75) is 45.3 Å². The van der Waals surface area contributed by atoms with Crippen LogP contribution in [-0.2, 0) is 32.6 Å². The number of methoxy groups -OCH3 is 2. The van der Waals surface area contributed by atoms with E-state index in [0.29, 0.717) is 21.4 Å². The fourth-order valence-corrected chi connectivity index (χ4v) is 5.75. The van der Waals surface area contributed by atoms with Crippen molar-refractivity contribution in [1.29, 1.82) is 0 Å². The summed E-state index contributed by atoms with van der Waals surface area (Å²) in [5.41, 5.74) is 0.887. The Morgan fingerprint density at radius 2 is 1.63 bits per heavy atom. The van der Waals surface area contributed by atoms with Crippen LogP contribution in [0, 0.1) is 0 Å². The van der Waals surface area contributed by atoms with Gasteiger partial charge in [-0.2, -0.15) is 0 Å². The first-order chi connectivity index (χ1) is 20.1. The number of anilines is 1. The summed E-state index contributed by atoms with van der Waals surface area (Å²) in [6.45, 7) is 4.83. The van der Waals surface area contributed by atoms with Crippen LogP contribution >= 0.6 is 23.2 Å². The lowest BCUT2D eigenvalue weighted by molar-refractivity contribution is -0.140. The molecule has 0 aliphatic carbocycles. The Labute approximate surface area is 263 Å². The van der Waals surface area contributed by atoms with Crippen LogP contribution in [0.5, 0.6) is 11.5 Å². The second-order valence-corrected chi connectivity index (χ2v) is 13.8. The number of nitrogens with zero attached hydrogens (tertiary/aromatic N) is 2. The first kappa shape index (κ1) is 34.0. The largest absolute Gasteiger partial charge is 0.497 e. The first-order valence-electron chi connectivity index (χ1n) is 13.4. The van der Waals surface area contributed by atoms with E-state index in [0.717, 1.165) is 16.1 Å². The molecular weight excluding hydrogens is 613 g/mol. The van der Waals surface area contributed by atoms with Crippen LogP contribution in [0.3, 0.4) is 0 Å². The fourth-order valence-electron chi connectivity index (χ4n) is 4.43. The van der Waals surface area contributed by atoms with Gasteiger partial charge >= 0.3 is 0 Å². The van der Waals surface area contributed by atoms with Gasteiger partial charge in [0.1, 0.15) is 24.1 Å². The summed E-state index contributed by atoms with van der Waals surface area (Å²) in [4.78, 5) is 29.5. The molecule has 232 valence electrons. The molecule has 3 aromatic rings. The lowest BCUT2D eigenvalue weighted by Gasteiger charge is -2.35. The maximum absolute atomic E-state index is 14.3. The van der Waals surface area contributed by atoms with Gasteiger partial charge in [0, 0.05) is 34.6 Å². The predicted octanol–water partition coefficient (Wildman–Crippen LogP) is 5.33. The lowest BCUT2D eigenvalue weighted by Crippen LogP contribution is -2.56. The zero-order valence-corrected chi connectivity index (χ0v) is 27.4. The number of hydrogen-bond acceptors (Lipinski definition) is 6. The molecule has 3 rings (SSSR count). The number of sulfonamides is 1. The molecule has 0 heterocycles. The highest BCUT2D eigenvalue weighted by Gasteiger charge is 2.35. The molecule has 0 saturated carbocycles. The Morgan fingerprint density at radius 3 is 2.19 bits per heavy atom. The van der Waals surface area contributed by atoms with Gasteiger partial charge in [-0.1, -0.05) is 59.6 Å². The van der Waals surface area contributed by atoms with E-state index in [1.807, 2.05) is 51.1 Å². The van der Waals surface area contributed by atoms with Crippen molar-refractivity contribution in [3.63, 3.8) is 0 Å². The summed E-state index contributed by atoms with van der Waals surface area (Å²) in [5, 5.41) is 3.69. The molecule has 0 unspecified atom stereocenters. The zero-order valence-electron chi connectivity index (χ0n) is 25.1. The quantitative estimate of drug-likeness (QED) is 0.284. The molecule has 0 aliphatic heterocycles. The molecule has 2 amide bonds. The topological polar surface area (TPSA) is 105 Å². The number of rotatable bonds is 12. The van der Waals surface area contributed by atoms with Crippen molar-refractivity contribution in [3.8, 4) is 11.5 Å². The maximum atomic E-state index is 14.3. The summed E-state index contributed by atoms with van der Waals surface area (Å²) in [7, 11) is -1.13. The SMILES string of the molecule is COc1ccc(N(CC(=O)N(Cc2ccc(Cl)cc2Cl)[C@@H](Cc2ccccc2)C(=O)NC(C)(C)C)S(C)(=O)=O)c(OC)c1. The van der Waals surface area contributed by atoms with Crippen LogP contribution in [0.25, 0.3) is 0 Å². The van der Waals surface area contributed by atoms with Crippen LogP contribution in [-0.4, -0.2) is 63.7 Å². The Morgan fingerprint density at radius 1 is 0.953 bits per heavy atom. The van der Waals surface area contributed by atoms with Gasteiger partial charge in [0.2, 0.25) is 21.8 Å². The molecule has 1 N–H and O–H groups in total. The highest BCUT2D eigenvalue weighted by molar-refractivity contribution is 7.92. The summed E-state index contributed by atoms with van der Waals surface area (Å²) in [6, 6.07) is 17.7. The van der Waals surface area contributed by atoms with Crippen molar-refractivity contribution in [1.82, 2.24) is 10.2 Å². The predicted molar refractivity (Wildman–Crippen MR) is 171 cm³/mol. The molecule has 12 heteroatoms. The van der Waals surface area contributed by atoms with Crippen LogP contribution in [0.1, 0.15) is 31.9 Å². The number of nitrogens with one attached hydrogen (secondary N) is 1. The van der Waals surface area contributed by atoms with Gasteiger partial charge in [-0.15, -0.1) is 0 Å². The average Bonchev–Trinajstić information content (AvgIpc) is 2.93. The minimum Gasteiger partial charge on any atom is -0.497 e. The summed E-state index contributed by atoms with van der Waals surface area (Å²) in [6.07, 6.45) is 1.17. The van der Waals surface area contributed by atoms with Gasteiger partial charge in [0.25, 0.3) is 0 Å². The highest BCUT2D eigenvalue weighted by atomic mass is 35.5. The van der Waals surface area contributed by atoms with Crippen molar-refractivity contribution in [3.05, 3.63) is 87.9 Å². The normalized spacial score (nSPS) is 12.3. The standard InChI is InChI=1S/C31H37Cl2N3O6S/c1-31(2,3)34-30(38)27(16-21-10-8-7-9-11-21)35(19-22-12-13-23(32)17-25(22)33)29(37)20-36(43(6,39)40)26-15-14-24(41-4)18-28(26)42-5/h7-15,17-18,27H,16,19-20H2,1-6H3,(H,34,38)/t27-/m0/s1. The monoisotopic (exact) mass is 649 g/mol. The van der Waals surface area contributed by atoms with E-state index in [4.69, 9.17) is 32.7 Å². The van der Waals surface area contributed by atoms with E-state index in [1.165, 1.54) is 31.3 Å². The number of halogens is 2. The van der Waals surface area contributed by atoms with Gasteiger partial charge in [-0.05, 0) is 56.2 Å². The van der Waals surface area contributed by atoms with Gasteiger partial charge in [-0.25, -0.2) is 8.42 Å². The van der Waals surface area contributed by atoms with Crippen molar-refractivity contribution in [2.24, 2.45) is 0 Å². The van der Waals surface area contributed by atoms with E-state index < -0.39 is 40.0 Å². The Bertz CT molecular complexity index is 1540. The van der Waals surface area contributed by atoms with Gasteiger partial charge in [-0.3, -0.25) is 13.9 Å². The van der Waals surface area contributed by atoms with E-state index in [9.17, 15) is 18.0 Å². The molecule has 0 bridgehead atoms. The van der Waals surface area contributed by atoms with Crippen molar-refractivity contribution < 1.29 is 27.5 Å². The minimum absolute atomic E-state index is 0.0821. The van der Waals surface area contributed by atoms with E-state index in [1.54, 1.807) is 24.3 Å². The number of amides is 2. The second-order valence-electron chi connectivity index (χ2n) is 11.0. The first-order valence-corrected chi connectivity index (χ1v) is 16.0. The Balaban J connectivity index is 2.14. The lowest BCUT2D eigenvalue weighted by atomic mass is 10.0. The number of ether oxygens (including phenoxy) is 2. The smallest absolute Gasteiger partial charge is 0.244 e. The van der Waals surface area contributed by atoms with Crippen LogP contribution in [0.15, 0.2) is 66.7 Å². The van der Waals surface area contributed by atoms with E-state index in [2.05, 4.69) is 5.32 Å². The third-order valence-corrected chi connectivity index (χ3v) is 8.17. The number of carbonyl (C=O) groups is 2. The average molecular weight is 651 g/mol. The molecule has 9 nitrogen and oxygen atoms in total. The van der Waals surface area contributed by atoms with Gasteiger partial charge in [0.15, 0.2) is 0 Å². The summed E-state index contributed by atoms with van der Waals surface area (Å²) in [5.74, 6) is -0.389. The third kappa shape index (κ3) is 9.51. The fraction of sp³-hybridized carbons (Fsp3) is 0.355. The third-order valence-electron chi connectivity index (χ3n) is 6.46. The molecule has 0 aliphatic rings. The van der Waals surface area contributed by atoms with Crippen LogP contribution < -0.4 is 19.1 Å². The van der Waals surface area contributed by atoms with E-state index in [-0.39, 0.29) is 24.4 Å². The highest BCUT2D eigenvalue weighted by Crippen LogP contribution is 2.34. The number of carbonyl (C=O) groups excluding carboxylic acids is 2. The molecule has 43 heavy (non-hydrogen) atoms. The van der Waals surface area contributed by atoms with Gasteiger partial charge in [0.05, 0.1) is 26.2 Å². The number of benzene rings is 3. The van der Waals surface area contributed by atoms with Crippen molar-refractivity contribution in [2.75, 3.05) is 31.3 Å². The molecule has 0 radical (unpaired) electrons. The maximum Gasteiger partial charge on any atom is 0.244 e. The van der Waals surface area contributed by atoms with E-state index >= 15 is 0 Å². The number of hydrogen-bond donors (Lipinski definition) is 1. The Hall–Kier alpha value is -3.47. The molecule has 0 saturated heterocycles. The molecule has 0 fully saturated rings. The summed E-state index contributed by atoms with van der Waals surface area (Å²) < 4.78 is 37.8. The van der Waals surface area contributed by atoms with Crippen LogP contribution in [0.2, 0.25) is 10.0 Å². The molecule has 3 aromatic carbocycles. The molecular formula is C31H37Cl2N3O6S. The molecule has 0 spiro atoms. The second kappa shape index (κ2) is 14.3. The zero-order chi connectivity index (χ0) is 31.9. The molecule has 1 atom stereocenters. The Kier molecular flexibility index (Phi) is 11.3. The van der Waals surface area contributed by atoms with Crippen LogP contribution in [0.4, 0.5) is 5.69 Å². The minimum atomic E-state index is -4.00. The molecule has 0 aromatic heterocycles. The summed E-state index contributed by atoms with van der Waals surface area (Å²) >= 11 is 12.6. The van der Waals surface area contributed by atoms with Gasteiger partial charge < -0.3 is 19.7 Å².